The molecule has 1 aromatic rings. The van der Waals surface area contributed by atoms with Crippen molar-refractivity contribution in [3.8, 4) is 0 Å². The Bertz CT molecular complexity index is 459. The first-order valence-electron chi connectivity index (χ1n) is 6.17. The Kier molecular flexibility index (Phi) is 3.01. The maximum atomic E-state index is 9.81. The first kappa shape index (κ1) is 12.6. The van der Waals surface area contributed by atoms with Gasteiger partial charge in [-0.2, -0.15) is 0 Å². The van der Waals surface area contributed by atoms with Crippen molar-refractivity contribution in [2.45, 2.75) is 12.3 Å². The van der Waals surface area contributed by atoms with Gasteiger partial charge in [0.1, 0.15) is 0 Å². The van der Waals surface area contributed by atoms with Crippen LogP contribution < -0.4 is 0 Å². The second kappa shape index (κ2) is 4.30. The fourth-order valence-electron chi connectivity index (χ4n) is 3.03. The number of rotatable bonds is 3. The van der Waals surface area contributed by atoms with Crippen LogP contribution >= 0.6 is 15.9 Å². The van der Waals surface area contributed by atoms with Crippen molar-refractivity contribution in [2.75, 3.05) is 33.0 Å². The highest BCUT2D eigenvalue weighted by Gasteiger charge is 2.61. The molecule has 0 saturated carbocycles. The zero-order valence-electron chi connectivity index (χ0n) is 10.4. The molecule has 98 valence electrons. The van der Waals surface area contributed by atoms with Gasteiger partial charge in [0.2, 0.25) is 0 Å². The smallest absolute Gasteiger partial charge is 0.0593 e. The third kappa shape index (κ3) is 1.53. The van der Waals surface area contributed by atoms with Crippen LogP contribution in [0.2, 0.25) is 0 Å². The summed E-state index contributed by atoms with van der Waals surface area (Å²) in [6.07, 6.45) is 0. The normalized spacial score (nSPS) is 24.2. The Balaban J connectivity index is 2.08. The minimum Gasteiger partial charge on any atom is -0.396 e. The summed E-state index contributed by atoms with van der Waals surface area (Å²) in [4.78, 5) is 0. The van der Waals surface area contributed by atoms with Gasteiger partial charge in [0.25, 0.3) is 0 Å². The van der Waals surface area contributed by atoms with Crippen LogP contribution in [0.3, 0.4) is 0 Å². The van der Waals surface area contributed by atoms with Gasteiger partial charge in [-0.25, -0.2) is 0 Å². The maximum absolute atomic E-state index is 9.81. The average Bonchev–Trinajstić information content (AvgIpc) is 2.25. The van der Waals surface area contributed by atoms with E-state index in [0.29, 0.717) is 26.4 Å². The molecule has 0 aliphatic carbocycles. The second-order valence-corrected chi connectivity index (χ2v) is 6.38. The van der Waals surface area contributed by atoms with Crippen molar-refractivity contribution in [1.82, 2.24) is 0 Å². The van der Waals surface area contributed by atoms with Gasteiger partial charge in [-0.3, -0.25) is 0 Å². The first-order chi connectivity index (χ1) is 8.63. The number of aliphatic hydroxyl groups excluding tert-OH is 1. The summed E-state index contributed by atoms with van der Waals surface area (Å²) in [6.45, 7) is 4.87. The molecule has 2 aliphatic rings. The lowest BCUT2D eigenvalue weighted by Gasteiger charge is -2.59. The number of hydrogen-bond acceptors (Lipinski definition) is 3. The highest BCUT2D eigenvalue weighted by Crippen LogP contribution is 2.52. The van der Waals surface area contributed by atoms with Gasteiger partial charge in [0.15, 0.2) is 0 Å². The monoisotopic (exact) mass is 312 g/mol. The van der Waals surface area contributed by atoms with E-state index in [1.807, 2.05) is 0 Å². The minimum absolute atomic E-state index is 0.0894. The molecule has 3 rings (SSSR count). The third-order valence-corrected chi connectivity index (χ3v) is 4.98. The SMILES string of the molecule is Cc1ccc(Br)cc1C1(C2(CO)COC2)COC1. The quantitative estimate of drug-likeness (QED) is 0.928. The van der Waals surface area contributed by atoms with E-state index >= 15 is 0 Å². The highest BCUT2D eigenvalue weighted by atomic mass is 79.9. The summed E-state index contributed by atoms with van der Waals surface area (Å²) < 4.78 is 11.9. The topological polar surface area (TPSA) is 38.7 Å². The Morgan fingerprint density at radius 3 is 2.33 bits per heavy atom. The number of aryl methyl sites for hydroxylation is 1. The molecule has 0 aromatic heterocycles. The van der Waals surface area contributed by atoms with Crippen molar-refractivity contribution in [1.29, 1.82) is 0 Å². The van der Waals surface area contributed by atoms with Gasteiger partial charge in [0, 0.05) is 4.47 Å². The number of hydrogen-bond donors (Lipinski definition) is 1. The van der Waals surface area contributed by atoms with Gasteiger partial charge >= 0.3 is 0 Å². The molecule has 0 radical (unpaired) electrons. The Morgan fingerprint density at radius 1 is 1.22 bits per heavy atom. The molecule has 0 spiro atoms. The van der Waals surface area contributed by atoms with Crippen LogP contribution in [0, 0.1) is 12.3 Å². The number of halogens is 1. The standard InChI is InChI=1S/C14H17BrO3/c1-10-2-3-11(15)4-12(10)14(8-18-9-14)13(5-16)6-17-7-13/h2-4,16H,5-9H2,1H3. The lowest BCUT2D eigenvalue weighted by atomic mass is 9.57. The molecule has 0 bridgehead atoms. The fraction of sp³-hybridized carbons (Fsp3) is 0.571. The summed E-state index contributed by atoms with van der Waals surface area (Å²) in [7, 11) is 0. The van der Waals surface area contributed by atoms with E-state index in [1.54, 1.807) is 0 Å². The highest BCUT2D eigenvalue weighted by molar-refractivity contribution is 9.10. The lowest BCUT2D eigenvalue weighted by molar-refractivity contribution is -0.242. The van der Waals surface area contributed by atoms with E-state index in [-0.39, 0.29) is 17.4 Å². The Hall–Kier alpha value is -0.420. The first-order valence-corrected chi connectivity index (χ1v) is 6.96. The number of aliphatic hydroxyl groups is 1. The molecule has 1 aromatic carbocycles. The van der Waals surface area contributed by atoms with Crippen molar-refractivity contribution in [3.63, 3.8) is 0 Å². The number of ether oxygens (including phenoxy) is 2. The van der Waals surface area contributed by atoms with Gasteiger partial charge in [-0.05, 0) is 30.2 Å². The van der Waals surface area contributed by atoms with E-state index in [1.165, 1.54) is 11.1 Å². The summed E-state index contributed by atoms with van der Waals surface area (Å²) in [5.74, 6) is 0. The molecule has 0 amide bonds. The Labute approximate surface area is 115 Å². The van der Waals surface area contributed by atoms with E-state index in [0.717, 1.165) is 4.47 Å². The average molecular weight is 313 g/mol. The molecule has 3 nitrogen and oxygen atoms in total. The lowest BCUT2D eigenvalue weighted by Crippen LogP contribution is -2.68. The summed E-state index contributed by atoms with van der Waals surface area (Å²) in [5, 5.41) is 9.81. The van der Waals surface area contributed by atoms with Crippen LogP contribution in [0.1, 0.15) is 11.1 Å². The van der Waals surface area contributed by atoms with Crippen molar-refractivity contribution in [3.05, 3.63) is 33.8 Å². The molecule has 2 heterocycles. The van der Waals surface area contributed by atoms with E-state index in [9.17, 15) is 5.11 Å². The fourth-order valence-corrected chi connectivity index (χ4v) is 3.39. The van der Waals surface area contributed by atoms with Gasteiger partial charge in [0.05, 0.1) is 43.9 Å². The molecule has 4 heteroatoms. The van der Waals surface area contributed by atoms with Gasteiger partial charge in [-0.1, -0.05) is 22.0 Å². The Morgan fingerprint density at radius 2 is 1.89 bits per heavy atom. The van der Waals surface area contributed by atoms with Crippen molar-refractivity contribution < 1.29 is 14.6 Å². The minimum atomic E-state index is -0.170. The number of benzene rings is 1. The van der Waals surface area contributed by atoms with Crippen LogP contribution in [-0.2, 0) is 14.9 Å². The molecule has 2 saturated heterocycles. The van der Waals surface area contributed by atoms with Crippen LogP contribution in [0.4, 0.5) is 0 Å². The third-order valence-electron chi connectivity index (χ3n) is 4.49. The predicted octanol–water partition coefficient (Wildman–Crippen LogP) is 2.03. The molecule has 0 atom stereocenters. The molecule has 1 N–H and O–H groups in total. The van der Waals surface area contributed by atoms with Crippen LogP contribution in [-0.4, -0.2) is 38.1 Å². The van der Waals surface area contributed by atoms with Crippen LogP contribution in [0.15, 0.2) is 22.7 Å². The predicted molar refractivity (Wildman–Crippen MR) is 71.7 cm³/mol. The maximum Gasteiger partial charge on any atom is 0.0593 e. The van der Waals surface area contributed by atoms with Crippen LogP contribution in [0.25, 0.3) is 0 Å². The van der Waals surface area contributed by atoms with E-state index < -0.39 is 0 Å². The van der Waals surface area contributed by atoms with Crippen LogP contribution in [0.5, 0.6) is 0 Å². The summed E-state index contributed by atoms with van der Waals surface area (Å²) in [5.41, 5.74) is 2.27. The van der Waals surface area contributed by atoms with Gasteiger partial charge in [-0.15, -0.1) is 0 Å². The molecule has 2 aliphatic heterocycles. The zero-order chi connectivity index (χ0) is 12.8. The molecular weight excluding hydrogens is 296 g/mol. The molecule has 2 fully saturated rings. The molecular formula is C14H17BrO3. The van der Waals surface area contributed by atoms with Crippen molar-refractivity contribution in [2.24, 2.45) is 5.41 Å². The van der Waals surface area contributed by atoms with E-state index in [4.69, 9.17) is 9.47 Å². The van der Waals surface area contributed by atoms with E-state index in [2.05, 4.69) is 41.1 Å². The molecule has 0 unspecified atom stereocenters. The zero-order valence-corrected chi connectivity index (χ0v) is 12.0. The molecule has 18 heavy (non-hydrogen) atoms. The second-order valence-electron chi connectivity index (χ2n) is 5.47. The summed E-state index contributed by atoms with van der Waals surface area (Å²) >= 11 is 3.54. The largest absolute Gasteiger partial charge is 0.396 e. The van der Waals surface area contributed by atoms with Crippen molar-refractivity contribution >= 4 is 15.9 Å². The van der Waals surface area contributed by atoms with Gasteiger partial charge < -0.3 is 14.6 Å². The summed E-state index contributed by atoms with van der Waals surface area (Å²) in [6, 6.07) is 6.33.